The zero-order chi connectivity index (χ0) is 14.5. The topological polar surface area (TPSA) is 0 Å². The van der Waals surface area contributed by atoms with E-state index in [1.165, 1.54) is 16.2 Å². The Morgan fingerprint density at radius 3 is 1.38 bits per heavy atom. The smallest absolute Gasteiger partial charge is 0.0622 e. The SMILES string of the molecule is I[P+](Cc1ccccc1)(c1ccccc1)c1ccccc1. The first-order valence-corrected chi connectivity index (χ1v) is 11.8. The summed E-state index contributed by atoms with van der Waals surface area (Å²) in [5.41, 5.74) is 1.41. The summed E-state index contributed by atoms with van der Waals surface area (Å²) < 4.78 is 0. The average Bonchev–Trinajstić information content (AvgIpc) is 2.57. The molecule has 3 aromatic rings. The van der Waals surface area contributed by atoms with E-state index in [2.05, 4.69) is 113 Å². The highest BCUT2D eigenvalue weighted by molar-refractivity contribution is 14.2. The van der Waals surface area contributed by atoms with E-state index in [4.69, 9.17) is 0 Å². The fourth-order valence-electron chi connectivity index (χ4n) is 2.50. The van der Waals surface area contributed by atoms with Gasteiger partial charge < -0.3 is 0 Å². The van der Waals surface area contributed by atoms with Gasteiger partial charge in [-0.05, 0) is 29.8 Å². The summed E-state index contributed by atoms with van der Waals surface area (Å²) in [6.45, 7) is 0. The van der Waals surface area contributed by atoms with Crippen LogP contribution in [0.1, 0.15) is 5.56 Å². The number of rotatable bonds is 4. The minimum atomic E-state index is -1.43. The molecule has 104 valence electrons. The van der Waals surface area contributed by atoms with Gasteiger partial charge in [0, 0.05) is 0 Å². The van der Waals surface area contributed by atoms with Crippen molar-refractivity contribution in [2.24, 2.45) is 0 Å². The minimum Gasteiger partial charge on any atom is -0.0622 e. The van der Waals surface area contributed by atoms with E-state index in [9.17, 15) is 0 Å². The van der Waals surface area contributed by atoms with E-state index >= 15 is 0 Å². The predicted molar refractivity (Wildman–Crippen MR) is 103 cm³/mol. The van der Waals surface area contributed by atoms with Crippen molar-refractivity contribution in [3.05, 3.63) is 96.6 Å². The van der Waals surface area contributed by atoms with Crippen molar-refractivity contribution in [2.45, 2.75) is 6.16 Å². The molecule has 0 spiro atoms. The van der Waals surface area contributed by atoms with Gasteiger partial charge in [0.1, 0.15) is 21.7 Å². The van der Waals surface area contributed by atoms with Crippen molar-refractivity contribution in [1.82, 2.24) is 0 Å². The van der Waals surface area contributed by atoms with Gasteiger partial charge in [0.05, 0.1) is 0 Å². The zero-order valence-corrected chi connectivity index (χ0v) is 14.7. The lowest BCUT2D eigenvalue weighted by atomic mass is 10.2. The van der Waals surface area contributed by atoms with Crippen LogP contribution < -0.4 is 10.6 Å². The Morgan fingerprint density at radius 2 is 0.952 bits per heavy atom. The summed E-state index contributed by atoms with van der Waals surface area (Å²) in [5.74, 6) is 0. The highest BCUT2D eigenvalue weighted by Gasteiger charge is 2.40. The van der Waals surface area contributed by atoms with Gasteiger partial charge in [0.2, 0.25) is 0 Å². The minimum absolute atomic E-state index is 1.10. The van der Waals surface area contributed by atoms with Gasteiger partial charge in [-0.25, -0.2) is 0 Å². The second-order valence-corrected chi connectivity index (χ2v) is 12.8. The quantitative estimate of drug-likeness (QED) is 0.415. The van der Waals surface area contributed by atoms with Crippen LogP contribution in [0.25, 0.3) is 0 Å². The summed E-state index contributed by atoms with van der Waals surface area (Å²) in [6.07, 6.45) is 1.10. The van der Waals surface area contributed by atoms with Crippen LogP contribution in [-0.2, 0) is 6.16 Å². The highest BCUT2D eigenvalue weighted by atomic mass is 127. The van der Waals surface area contributed by atoms with Crippen molar-refractivity contribution in [1.29, 1.82) is 0 Å². The molecule has 0 aliphatic carbocycles. The molecular weight excluding hydrogens is 386 g/mol. The Morgan fingerprint density at radius 1 is 0.571 bits per heavy atom. The first-order chi connectivity index (χ1) is 10.3. The summed E-state index contributed by atoms with van der Waals surface area (Å²) in [4.78, 5) is -1.43. The molecule has 0 aliphatic rings. The van der Waals surface area contributed by atoms with Crippen LogP contribution in [0.2, 0.25) is 0 Å². The van der Waals surface area contributed by atoms with Crippen LogP contribution in [0.5, 0.6) is 0 Å². The van der Waals surface area contributed by atoms with E-state index < -0.39 is 4.90 Å². The van der Waals surface area contributed by atoms with Crippen molar-refractivity contribution < 1.29 is 0 Å². The molecule has 0 aliphatic heterocycles. The summed E-state index contributed by atoms with van der Waals surface area (Å²) >= 11 is 2.72. The molecule has 0 fully saturated rings. The molecule has 0 N–H and O–H groups in total. The fraction of sp³-hybridized carbons (Fsp3) is 0.0526. The maximum Gasteiger partial charge on any atom is 0.167 e. The molecule has 2 heteroatoms. The molecule has 3 aromatic carbocycles. The Labute approximate surface area is 140 Å². The summed E-state index contributed by atoms with van der Waals surface area (Å²) in [6, 6.07) is 32.7. The van der Waals surface area contributed by atoms with Crippen LogP contribution in [0.4, 0.5) is 0 Å². The third kappa shape index (κ3) is 3.36. The third-order valence-electron chi connectivity index (χ3n) is 3.57. The van der Waals surface area contributed by atoms with Crippen molar-refractivity contribution in [2.75, 3.05) is 0 Å². The van der Waals surface area contributed by atoms with E-state index in [0.29, 0.717) is 0 Å². The molecule has 0 saturated heterocycles. The van der Waals surface area contributed by atoms with Gasteiger partial charge >= 0.3 is 0 Å². The van der Waals surface area contributed by atoms with E-state index in [1.807, 2.05) is 0 Å². The molecule has 0 bridgehead atoms. The molecule has 0 radical (unpaired) electrons. The maximum absolute atomic E-state index is 2.72. The first-order valence-electron chi connectivity index (χ1n) is 7.02. The number of hydrogen-bond donors (Lipinski definition) is 0. The first kappa shape index (κ1) is 14.7. The average molecular weight is 403 g/mol. The molecule has 3 rings (SSSR count). The molecular formula is C19H17IP+. The molecule has 0 atom stereocenters. The zero-order valence-electron chi connectivity index (χ0n) is 11.7. The molecule has 0 heterocycles. The molecule has 21 heavy (non-hydrogen) atoms. The molecule has 0 saturated carbocycles. The lowest BCUT2D eigenvalue weighted by molar-refractivity contribution is 1.40. The number of benzene rings is 3. The fourth-order valence-corrected chi connectivity index (χ4v) is 8.27. The molecule has 0 aromatic heterocycles. The van der Waals surface area contributed by atoms with Crippen molar-refractivity contribution in [3.63, 3.8) is 0 Å². The normalized spacial score (nSPS) is 11.3. The van der Waals surface area contributed by atoms with E-state index in [0.717, 1.165) is 6.16 Å². The monoisotopic (exact) mass is 403 g/mol. The number of hydrogen-bond acceptors (Lipinski definition) is 0. The van der Waals surface area contributed by atoms with E-state index in [-0.39, 0.29) is 0 Å². The van der Waals surface area contributed by atoms with Crippen LogP contribution in [0, 0.1) is 0 Å². The van der Waals surface area contributed by atoms with Crippen LogP contribution in [0.15, 0.2) is 91.0 Å². The summed E-state index contributed by atoms with van der Waals surface area (Å²) in [7, 11) is 0. The Bertz CT molecular complexity index is 641. The van der Waals surface area contributed by atoms with Gasteiger partial charge in [-0.15, -0.1) is 0 Å². The standard InChI is InChI=1S/C19H17IP/c20-21(18-12-6-2-7-13-18,19-14-8-3-9-15-19)16-17-10-4-1-5-11-17/h1-15H,16H2/q+1. The predicted octanol–water partition coefficient (Wildman–Crippen LogP) is 5.21. The van der Waals surface area contributed by atoms with E-state index in [1.54, 1.807) is 0 Å². The second-order valence-electron chi connectivity index (χ2n) is 5.03. The highest BCUT2D eigenvalue weighted by Crippen LogP contribution is 2.66. The lowest BCUT2D eigenvalue weighted by Gasteiger charge is -2.20. The van der Waals surface area contributed by atoms with Gasteiger partial charge in [0.25, 0.3) is 0 Å². The largest absolute Gasteiger partial charge is 0.167 e. The number of halogens is 1. The van der Waals surface area contributed by atoms with Gasteiger partial charge in [-0.2, -0.15) is 0 Å². The second kappa shape index (κ2) is 6.72. The Hall–Kier alpha value is -1.18. The van der Waals surface area contributed by atoms with Crippen LogP contribution in [0.3, 0.4) is 0 Å². The maximum atomic E-state index is 2.72. The van der Waals surface area contributed by atoms with Gasteiger partial charge in [-0.1, -0.05) is 66.7 Å². The lowest BCUT2D eigenvalue weighted by Crippen LogP contribution is -2.19. The molecule has 0 amide bonds. The molecule has 0 unspecified atom stereocenters. The third-order valence-corrected chi connectivity index (χ3v) is 11.0. The summed E-state index contributed by atoms with van der Waals surface area (Å²) in [5, 5.41) is 2.92. The van der Waals surface area contributed by atoms with Crippen LogP contribution in [-0.4, -0.2) is 0 Å². The molecule has 0 nitrogen and oxygen atoms in total. The Kier molecular flexibility index (Phi) is 4.72. The van der Waals surface area contributed by atoms with Gasteiger partial charge in [0.15, 0.2) is 22.0 Å². The van der Waals surface area contributed by atoms with Gasteiger partial charge in [-0.3, -0.25) is 0 Å². The van der Waals surface area contributed by atoms with Crippen molar-refractivity contribution in [3.8, 4) is 0 Å². The van der Waals surface area contributed by atoms with Crippen molar-refractivity contribution >= 4 is 37.6 Å². The Balaban J connectivity index is 2.07. The van der Waals surface area contributed by atoms with Crippen LogP contribution >= 0.6 is 26.9 Å².